The molecule has 8 heteroatoms. The predicted octanol–water partition coefficient (Wildman–Crippen LogP) is 4.19. The van der Waals surface area contributed by atoms with Gasteiger partial charge in [0.1, 0.15) is 5.82 Å². The Morgan fingerprint density at radius 3 is 2.68 bits per heavy atom. The molecule has 0 saturated heterocycles. The molecule has 0 saturated carbocycles. The summed E-state index contributed by atoms with van der Waals surface area (Å²) < 4.78 is 0. The molecule has 2 aromatic heterocycles. The molecule has 1 aromatic carbocycles. The van der Waals surface area contributed by atoms with Crippen LogP contribution in [-0.4, -0.2) is 36.0 Å². The molecule has 0 fully saturated rings. The number of H-pyrrole nitrogens is 1. The van der Waals surface area contributed by atoms with Crippen molar-refractivity contribution in [3.8, 4) is 0 Å². The van der Waals surface area contributed by atoms with Crippen molar-refractivity contribution in [1.82, 2.24) is 9.97 Å². The lowest BCUT2D eigenvalue weighted by Gasteiger charge is -2.36. The van der Waals surface area contributed by atoms with Gasteiger partial charge in [0.25, 0.3) is 5.56 Å². The van der Waals surface area contributed by atoms with Crippen LogP contribution in [0.3, 0.4) is 0 Å². The lowest BCUT2D eigenvalue weighted by Crippen LogP contribution is -2.45. The second-order valence-corrected chi connectivity index (χ2v) is 8.87. The van der Waals surface area contributed by atoms with E-state index in [0.29, 0.717) is 28.9 Å². The number of likely N-dealkylation sites (N-methyl/N-ethyl adjacent to an activating group) is 1. The third-order valence-corrected chi connectivity index (χ3v) is 5.75. The molecule has 3 aromatic rings. The number of carbonyl (C=O) groups is 1. The highest BCUT2D eigenvalue weighted by atomic mass is 35.5. The fourth-order valence-electron chi connectivity index (χ4n) is 3.94. The smallest absolute Gasteiger partial charge is 0.253 e. The highest BCUT2D eigenvalue weighted by Gasteiger charge is 2.28. The van der Waals surface area contributed by atoms with Gasteiger partial charge < -0.3 is 20.1 Å². The number of aromatic amines is 1. The van der Waals surface area contributed by atoms with Crippen molar-refractivity contribution in [3.05, 3.63) is 57.5 Å². The standard InChI is InChI=1S/C23H26ClN5O2/c1-13(2)11-29-12-22(30)28(4)20-10-25-21(9-19(20)29)26-14(3)17-8-15-7-16(24)5-6-18(15)27-23(17)31/h5-10,13-14H,11-12H2,1-4H3,(H,25,26)(H,27,31)/t14-/m0/s1. The molecule has 7 nitrogen and oxygen atoms in total. The molecule has 1 amide bonds. The number of anilines is 3. The monoisotopic (exact) mass is 439 g/mol. The first kappa shape index (κ1) is 21.2. The minimum absolute atomic E-state index is 0.0467. The van der Waals surface area contributed by atoms with E-state index in [4.69, 9.17) is 11.6 Å². The average Bonchev–Trinajstić information content (AvgIpc) is 2.71. The molecule has 4 rings (SSSR count). The molecule has 0 unspecified atom stereocenters. The summed E-state index contributed by atoms with van der Waals surface area (Å²) in [6, 6.07) is 8.91. The Balaban J connectivity index is 1.65. The van der Waals surface area contributed by atoms with Gasteiger partial charge in [0.05, 0.1) is 30.2 Å². The molecule has 1 atom stereocenters. The first-order valence-electron chi connectivity index (χ1n) is 10.3. The Hall–Kier alpha value is -3.06. The highest BCUT2D eigenvalue weighted by molar-refractivity contribution is 6.31. The van der Waals surface area contributed by atoms with E-state index in [1.54, 1.807) is 30.3 Å². The summed E-state index contributed by atoms with van der Waals surface area (Å²) in [5.74, 6) is 1.11. The predicted molar refractivity (Wildman–Crippen MR) is 126 cm³/mol. The second kappa shape index (κ2) is 8.23. The fraction of sp³-hybridized carbons (Fsp3) is 0.348. The molecule has 0 bridgehead atoms. The van der Waals surface area contributed by atoms with Crippen LogP contribution in [0.15, 0.2) is 41.3 Å². The molecule has 31 heavy (non-hydrogen) atoms. The topological polar surface area (TPSA) is 81.3 Å². The van der Waals surface area contributed by atoms with E-state index in [9.17, 15) is 9.59 Å². The van der Waals surface area contributed by atoms with Crippen molar-refractivity contribution >= 4 is 45.6 Å². The van der Waals surface area contributed by atoms with E-state index >= 15 is 0 Å². The third-order valence-electron chi connectivity index (χ3n) is 5.52. The molecule has 2 N–H and O–H groups in total. The van der Waals surface area contributed by atoms with Gasteiger partial charge in [-0.25, -0.2) is 4.98 Å². The van der Waals surface area contributed by atoms with Gasteiger partial charge in [0.2, 0.25) is 5.91 Å². The van der Waals surface area contributed by atoms with Crippen LogP contribution in [0.25, 0.3) is 10.9 Å². The zero-order valence-electron chi connectivity index (χ0n) is 18.1. The lowest BCUT2D eigenvalue weighted by molar-refractivity contribution is -0.117. The molecule has 3 heterocycles. The molecule has 0 aliphatic carbocycles. The number of aromatic nitrogens is 2. The first-order valence-corrected chi connectivity index (χ1v) is 10.7. The summed E-state index contributed by atoms with van der Waals surface area (Å²) in [7, 11) is 1.77. The number of pyridine rings is 2. The Morgan fingerprint density at radius 2 is 1.94 bits per heavy atom. The molecule has 1 aliphatic heterocycles. The van der Waals surface area contributed by atoms with Crippen LogP contribution in [0.2, 0.25) is 5.02 Å². The van der Waals surface area contributed by atoms with E-state index in [0.717, 1.165) is 28.8 Å². The van der Waals surface area contributed by atoms with Gasteiger partial charge in [-0.05, 0) is 37.1 Å². The maximum atomic E-state index is 12.6. The van der Waals surface area contributed by atoms with Crippen molar-refractivity contribution in [2.75, 3.05) is 35.3 Å². The summed E-state index contributed by atoms with van der Waals surface area (Å²) in [4.78, 5) is 36.1. The number of nitrogens with zero attached hydrogens (tertiary/aromatic N) is 3. The Kier molecular flexibility index (Phi) is 5.62. The van der Waals surface area contributed by atoms with Crippen LogP contribution in [-0.2, 0) is 4.79 Å². The van der Waals surface area contributed by atoms with Crippen LogP contribution < -0.4 is 20.7 Å². The van der Waals surface area contributed by atoms with Crippen molar-refractivity contribution in [2.45, 2.75) is 26.8 Å². The number of carbonyl (C=O) groups excluding carboxylic acids is 1. The number of amides is 1. The third kappa shape index (κ3) is 4.23. The average molecular weight is 440 g/mol. The molecule has 162 valence electrons. The van der Waals surface area contributed by atoms with E-state index < -0.39 is 0 Å². The van der Waals surface area contributed by atoms with Crippen LogP contribution >= 0.6 is 11.6 Å². The van der Waals surface area contributed by atoms with Gasteiger partial charge in [-0.2, -0.15) is 0 Å². The molecule has 0 spiro atoms. The van der Waals surface area contributed by atoms with Gasteiger partial charge in [-0.15, -0.1) is 0 Å². The van der Waals surface area contributed by atoms with Crippen LogP contribution in [0.5, 0.6) is 0 Å². The number of halogens is 1. The van der Waals surface area contributed by atoms with Crippen LogP contribution in [0.1, 0.15) is 32.4 Å². The summed E-state index contributed by atoms with van der Waals surface area (Å²) in [5, 5.41) is 4.82. The largest absolute Gasteiger partial charge is 0.363 e. The minimum Gasteiger partial charge on any atom is -0.363 e. The highest BCUT2D eigenvalue weighted by Crippen LogP contribution is 2.35. The lowest BCUT2D eigenvalue weighted by atomic mass is 10.1. The van der Waals surface area contributed by atoms with Crippen molar-refractivity contribution in [2.24, 2.45) is 5.92 Å². The zero-order chi connectivity index (χ0) is 22.3. The number of nitrogens with one attached hydrogen (secondary N) is 2. The van der Waals surface area contributed by atoms with Gasteiger partial charge in [-0.1, -0.05) is 25.4 Å². The number of hydrogen-bond donors (Lipinski definition) is 2. The van der Waals surface area contributed by atoms with E-state index in [2.05, 4.69) is 34.0 Å². The summed E-state index contributed by atoms with van der Waals surface area (Å²) in [5.41, 5.74) is 2.93. The van der Waals surface area contributed by atoms with Crippen LogP contribution in [0.4, 0.5) is 17.2 Å². The zero-order valence-corrected chi connectivity index (χ0v) is 18.8. The SMILES string of the molecule is CC(C)CN1CC(=O)N(C)c2cnc(N[C@@H](C)c3cc4cc(Cl)ccc4[nH]c3=O)cc21. The fourth-order valence-corrected chi connectivity index (χ4v) is 4.12. The van der Waals surface area contributed by atoms with Crippen molar-refractivity contribution in [1.29, 1.82) is 0 Å². The number of fused-ring (bicyclic) bond motifs is 2. The van der Waals surface area contributed by atoms with Gasteiger partial charge >= 0.3 is 0 Å². The van der Waals surface area contributed by atoms with Gasteiger partial charge in [0.15, 0.2) is 0 Å². The summed E-state index contributed by atoms with van der Waals surface area (Å²) in [6.07, 6.45) is 1.71. The normalized spacial score (nSPS) is 14.8. The molecule has 0 radical (unpaired) electrons. The quantitative estimate of drug-likeness (QED) is 0.623. The summed E-state index contributed by atoms with van der Waals surface area (Å²) >= 11 is 6.11. The Bertz CT molecular complexity index is 1210. The Morgan fingerprint density at radius 1 is 1.16 bits per heavy atom. The van der Waals surface area contributed by atoms with Crippen molar-refractivity contribution in [3.63, 3.8) is 0 Å². The van der Waals surface area contributed by atoms with E-state index in [1.807, 2.05) is 25.1 Å². The number of hydrogen-bond acceptors (Lipinski definition) is 5. The van der Waals surface area contributed by atoms with Gasteiger partial charge in [-0.3, -0.25) is 9.59 Å². The summed E-state index contributed by atoms with van der Waals surface area (Å²) in [6.45, 7) is 7.29. The number of rotatable bonds is 5. The van der Waals surface area contributed by atoms with E-state index in [-0.39, 0.29) is 17.5 Å². The Labute approximate surface area is 186 Å². The minimum atomic E-state index is -0.279. The maximum absolute atomic E-state index is 12.6. The molecule has 1 aliphatic rings. The molecular formula is C23H26ClN5O2. The second-order valence-electron chi connectivity index (χ2n) is 8.44. The van der Waals surface area contributed by atoms with E-state index in [1.165, 1.54) is 0 Å². The number of benzene rings is 1. The first-order chi connectivity index (χ1) is 14.7. The molecular weight excluding hydrogens is 414 g/mol. The maximum Gasteiger partial charge on any atom is 0.253 e. The van der Waals surface area contributed by atoms with Gasteiger partial charge in [0, 0.05) is 41.1 Å². The van der Waals surface area contributed by atoms with Crippen LogP contribution in [0, 0.1) is 5.92 Å². The van der Waals surface area contributed by atoms with Crippen molar-refractivity contribution < 1.29 is 4.79 Å².